The first kappa shape index (κ1) is 11.3. The van der Waals surface area contributed by atoms with E-state index in [9.17, 15) is 0 Å². The van der Waals surface area contributed by atoms with E-state index >= 15 is 0 Å². The molecule has 0 saturated heterocycles. The summed E-state index contributed by atoms with van der Waals surface area (Å²) in [5.41, 5.74) is 1.28. The molecule has 0 radical (unpaired) electrons. The molecule has 0 saturated carbocycles. The van der Waals surface area contributed by atoms with Gasteiger partial charge >= 0.3 is 0 Å². The maximum atomic E-state index is 4.51. The van der Waals surface area contributed by atoms with Crippen molar-refractivity contribution in [1.29, 1.82) is 0 Å². The van der Waals surface area contributed by atoms with E-state index in [0.717, 1.165) is 6.54 Å². The molecule has 0 amide bonds. The Balaban J connectivity index is 2.39. The van der Waals surface area contributed by atoms with Gasteiger partial charge in [-0.2, -0.15) is 0 Å². The molecule has 0 bridgehead atoms. The summed E-state index contributed by atoms with van der Waals surface area (Å²) in [6, 6.07) is 10.4. The molecule has 2 heteroatoms. The van der Waals surface area contributed by atoms with Crippen molar-refractivity contribution < 1.29 is 0 Å². The van der Waals surface area contributed by atoms with E-state index < -0.39 is 0 Å². The lowest BCUT2D eigenvalue weighted by molar-refractivity contribution is 1.07. The molecular weight excluding hydrogens is 190 g/mol. The van der Waals surface area contributed by atoms with Crippen molar-refractivity contribution in [3.8, 4) is 0 Å². The largest absolute Gasteiger partial charge is 0.278 e. The molecule has 1 aromatic carbocycles. The Kier molecular flexibility index (Phi) is 5.38. The zero-order chi connectivity index (χ0) is 10.2. The third-order valence-corrected chi connectivity index (χ3v) is 3.00. The molecule has 0 fully saturated rings. The number of aliphatic imine (C=N–C) groups is 1. The summed E-state index contributed by atoms with van der Waals surface area (Å²) >= 11 is 1.85. The Hall–Kier alpha value is -0.760. The maximum Gasteiger partial charge on any atom is 0.0649 e. The topological polar surface area (TPSA) is 12.4 Å². The van der Waals surface area contributed by atoms with Crippen LogP contribution in [0.25, 0.3) is 0 Å². The summed E-state index contributed by atoms with van der Waals surface area (Å²) in [6.07, 6.45) is 1.21. The van der Waals surface area contributed by atoms with Crippen LogP contribution in [0.15, 0.2) is 35.3 Å². The maximum absolute atomic E-state index is 4.51. The van der Waals surface area contributed by atoms with Gasteiger partial charge in [0.2, 0.25) is 0 Å². The lowest BCUT2D eigenvalue weighted by Gasteiger charge is -1.99. The van der Waals surface area contributed by atoms with Crippen LogP contribution in [0.1, 0.15) is 25.8 Å². The fourth-order valence-corrected chi connectivity index (χ4v) is 1.74. The van der Waals surface area contributed by atoms with Gasteiger partial charge in [-0.1, -0.05) is 37.3 Å². The second-order valence-corrected chi connectivity index (χ2v) is 4.46. The monoisotopic (exact) mass is 207 g/mol. The molecular formula is C12H17NS. The van der Waals surface area contributed by atoms with Crippen LogP contribution in [0, 0.1) is 0 Å². The van der Waals surface area contributed by atoms with Crippen molar-refractivity contribution in [3.05, 3.63) is 35.9 Å². The summed E-state index contributed by atoms with van der Waals surface area (Å²) < 4.78 is 0. The Morgan fingerprint density at radius 3 is 2.64 bits per heavy atom. The van der Waals surface area contributed by atoms with Crippen molar-refractivity contribution in [1.82, 2.24) is 0 Å². The molecule has 0 spiro atoms. The van der Waals surface area contributed by atoms with Crippen molar-refractivity contribution >= 4 is 16.8 Å². The first-order valence-electron chi connectivity index (χ1n) is 5.00. The molecule has 0 heterocycles. The normalized spacial score (nSPS) is 11.7. The molecule has 0 unspecified atom stereocenters. The van der Waals surface area contributed by atoms with Gasteiger partial charge < -0.3 is 0 Å². The number of hydrogen-bond acceptors (Lipinski definition) is 2. The lowest BCUT2D eigenvalue weighted by Crippen LogP contribution is -1.89. The molecule has 1 aromatic rings. The number of hydrogen-bond donors (Lipinski definition) is 0. The highest BCUT2D eigenvalue weighted by Crippen LogP contribution is 2.07. The minimum Gasteiger partial charge on any atom is -0.278 e. The van der Waals surface area contributed by atoms with Crippen molar-refractivity contribution in [2.45, 2.75) is 26.8 Å². The molecule has 0 aliphatic rings. The Labute approximate surface area is 90.6 Å². The Morgan fingerprint density at radius 2 is 2.00 bits per heavy atom. The number of thioether (sulfide) groups is 1. The first-order chi connectivity index (χ1) is 6.83. The number of nitrogens with zero attached hydrogens (tertiary/aromatic N) is 1. The number of rotatable bonds is 4. The lowest BCUT2D eigenvalue weighted by atomic mass is 10.2. The molecule has 1 nitrogen and oxygen atoms in total. The predicted octanol–water partition coefficient (Wildman–Crippen LogP) is 3.75. The van der Waals surface area contributed by atoms with Gasteiger partial charge in [0.05, 0.1) is 11.6 Å². The van der Waals surface area contributed by atoms with Gasteiger partial charge in [-0.3, -0.25) is 4.99 Å². The van der Waals surface area contributed by atoms with E-state index in [4.69, 9.17) is 0 Å². The Bertz CT molecular complexity index is 280. The van der Waals surface area contributed by atoms with Gasteiger partial charge in [0.15, 0.2) is 0 Å². The average Bonchev–Trinajstić information content (AvgIpc) is 2.25. The summed E-state index contributed by atoms with van der Waals surface area (Å²) in [4.78, 5) is 4.51. The van der Waals surface area contributed by atoms with Crippen LogP contribution >= 0.6 is 11.8 Å². The molecule has 0 atom stereocenters. The van der Waals surface area contributed by atoms with Gasteiger partial charge in [-0.15, -0.1) is 11.8 Å². The quantitative estimate of drug-likeness (QED) is 0.541. The van der Waals surface area contributed by atoms with Gasteiger partial charge in [0, 0.05) is 0 Å². The molecule has 76 valence electrons. The van der Waals surface area contributed by atoms with Crippen LogP contribution < -0.4 is 0 Å². The standard InChI is InChI=1S/C12H17NS/c1-3-9-14-11(2)13-10-12-7-5-4-6-8-12/h4-8H,3,9-10H2,1-2H3. The molecule has 0 N–H and O–H groups in total. The fourth-order valence-electron chi connectivity index (χ4n) is 1.08. The summed E-state index contributed by atoms with van der Waals surface area (Å²) in [5.74, 6) is 1.17. The van der Waals surface area contributed by atoms with Crippen LogP contribution in [0.4, 0.5) is 0 Å². The molecule has 14 heavy (non-hydrogen) atoms. The Morgan fingerprint density at radius 1 is 1.29 bits per heavy atom. The highest BCUT2D eigenvalue weighted by Gasteiger charge is 1.92. The van der Waals surface area contributed by atoms with E-state index in [2.05, 4.69) is 43.1 Å². The second kappa shape index (κ2) is 6.66. The SMILES string of the molecule is CCCSC(C)=NCc1ccccc1. The van der Waals surface area contributed by atoms with Gasteiger partial charge in [-0.05, 0) is 24.7 Å². The smallest absolute Gasteiger partial charge is 0.0649 e. The van der Waals surface area contributed by atoms with E-state index in [1.807, 2.05) is 17.8 Å². The molecule has 0 aromatic heterocycles. The summed E-state index contributed by atoms with van der Waals surface area (Å²) in [5, 5.41) is 1.19. The molecule has 1 rings (SSSR count). The van der Waals surface area contributed by atoms with Crippen LogP contribution in [0.3, 0.4) is 0 Å². The minimum atomic E-state index is 0.809. The van der Waals surface area contributed by atoms with Crippen molar-refractivity contribution in [2.75, 3.05) is 5.75 Å². The van der Waals surface area contributed by atoms with Crippen molar-refractivity contribution in [3.63, 3.8) is 0 Å². The predicted molar refractivity (Wildman–Crippen MR) is 66.0 cm³/mol. The van der Waals surface area contributed by atoms with Gasteiger partial charge in [-0.25, -0.2) is 0 Å². The van der Waals surface area contributed by atoms with E-state index in [-0.39, 0.29) is 0 Å². The highest BCUT2D eigenvalue weighted by molar-refractivity contribution is 8.13. The van der Waals surface area contributed by atoms with Crippen LogP contribution in [-0.2, 0) is 6.54 Å². The van der Waals surface area contributed by atoms with Crippen LogP contribution in [0.2, 0.25) is 0 Å². The third-order valence-electron chi connectivity index (χ3n) is 1.84. The second-order valence-electron chi connectivity index (χ2n) is 3.17. The fraction of sp³-hybridized carbons (Fsp3) is 0.417. The zero-order valence-electron chi connectivity index (χ0n) is 8.86. The van der Waals surface area contributed by atoms with E-state index in [0.29, 0.717) is 0 Å². The molecule has 0 aliphatic heterocycles. The zero-order valence-corrected chi connectivity index (χ0v) is 9.68. The minimum absolute atomic E-state index is 0.809. The average molecular weight is 207 g/mol. The highest BCUT2D eigenvalue weighted by atomic mass is 32.2. The summed E-state index contributed by atoms with van der Waals surface area (Å²) in [6.45, 7) is 5.09. The van der Waals surface area contributed by atoms with Gasteiger partial charge in [0.25, 0.3) is 0 Å². The number of benzene rings is 1. The van der Waals surface area contributed by atoms with Gasteiger partial charge in [0.1, 0.15) is 0 Å². The summed E-state index contributed by atoms with van der Waals surface area (Å²) in [7, 11) is 0. The first-order valence-corrected chi connectivity index (χ1v) is 5.99. The van der Waals surface area contributed by atoms with Crippen LogP contribution in [0.5, 0.6) is 0 Å². The third kappa shape index (κ3) is 4.47. The van der Waals surface area contributed by atoms with E-state index in [1.165, 1.54) is 22.8 Å². The van der Waals surface area contributed by atoms with E-state index in [1.54, 1.807) is 0 Å². The van der Waals surface area contributed by atoms with Crippen LogP contribution in [-0.4, -0.2) is 10.8 Å². The van der Waals surface area contributed by atoms with Crippen molar-refractivity contribution in [2.24, 2.45) is 4.99 Å². The molecule has 0 aliphatic carbocycles.